The number of hydrogen-bond donors (Lipinski definition) is 1. The van der Waals surface area contributed by atoms with Crippen LogP contribution in [0.4, 0.5) is 0 Å². The van der Waals surface area contributed by atoms with E-state index in [0.29, 0.717) is 12.7 Å². The number of nitrogens with one attached hydrogen (secondary N) is 1. The molecule has 1 saturated carbocycles. The molecule has 3 rings (SSSR count). The van der Waals surface area contributed by atoms with Crippen molar-refractivity contribution in [3.05, 3.63) is 29.8 Å². The topological polar surface area (TPSA) is 30.5 Å². The van der Waals surface area contributed by atoms with Crippen LogP contribution in [0.25, 0.3) is 0 Å². The summed E-state index contributed by atoms with van der Waals surface area (Å²) >= 11 is 0. The highest BCUT2D eigenvalue weighted by atomic mass is 16.5. The molecule has 0 aromatic heterocycles. The Morgan fingerprint density at radius 1 is 1.19 bits per heavy atom. The van der Waals surface area contributed by atoms with E-state index >= 15 is 0 Å². The summed E-state index contributed by atoms with van der Waals surface area (Å²) < 4.78 is 12.1. The summed E-state index contributed by atoms with van der Waals surface area (Å²) in [4.78, 5) is 0. The van der Waals surface area contributed by atoms with Crippen LogP contribution in [0, 0.1) is 5.92 Å². The summed E-state index contributed by atoms with van der Waals surface area (Å²) in [7, 11) is 0. The van der Waals surface area contributed by atoms with E-state index in [1.165, 1.54) is 37.7 Å². The van der Waals surface area contributed by atoms with Gasteiger partial charge in [0.2, 0.25) is 0 Å². The van der Waals surface area contributed by atoms with E-state index in [-0.39, 0.29) is 6.10 Å². The van der Waals surface area contributed by atoms with Gasteiger partial charge < -0.3 is 14.8 Å². The first-order chi connectivity index (χ1) is 10.4. The molecule has 0 spiro atoms. The van der Waals surface area contributed by atoms with Crippen molar-refractivity contribution in [2.45, 2.75) is 51.2 Å². The van der Waals surface area contributed by atoms with Crippen molar-refractivity contribution >= 4 is 0 Å². The number of rotatable bonds is 5. The maximum atomic E-state index is 6.38. The molecule has 1 heterocycles. The van der Waals surface area contributed by atoms with E-state index in [1.54, 1.807) is 0 Å². The minimum Gasteiger partial charge on any atom is -0.493 e. The fourth-order valence-electron chi connectivity index (χ4n) is 3.68. The Morgan fingerprint density at radius 2 is 2.00 bits per heavy atom. The van der Waals surface area contributed by atoms with Gasteiger partial charge in [0.15, 0.2) is 0 Å². The predicted octanol–water partition coefficient (Wildman–Crippen LogP) is 3.70. The van der Waals surface area contributed by atoms with Gasteiger partial charge in [0, 0.05) is 18.7 Å². The minimum atomic E-state index is 0.118. The Bertz CT molecular complexity index is 443. The molecule has 2 fully saturated rings. The lowest BCUT2D eigenvalue weighted by Crippen LogP contribution is -2.41. The summed E-state index contributed by atoms with van der Waals surface area (Å²) in [6, 6.07) is 8.28. The van der Waals surface area contributed by atoms with Crippen molar-refractivity contribution in [1.29, 1.82) is 0 Å². The van der Waals surface area contributed by atoms with Crippen LogP contribution in [0.15, 0.2) is 24.3 Å². The van der Waals surface area contributed by atoms with Crippen LogP contribution < -0.4 is 10.1 Å². The van der Waals surface area contributed by atoms with Crippen molar-refractivity contribution in [1.82, 2.24) is 5.32 Å². The second-order valence-corrected chi connectivity index (χ2v) is 6.26. The van der Waals surface area contributed by atoms with E-state index in [0.717, 1.165) is 24.8 Å². The zero-order valence-electron chi connectivity index (χ0n) is 13.0. The van der Waals surface area contributed by atoms with Crippen molar-refractivity contribution in [3.8, 4) is 5.75 Å². The molecule has 1 saturated heterocycles. The molecule has 0 bridgehead atoms. The highest BCUT2D eigenvalue weighted by molar-refractivity contribution is 5.35. The van der Waals surface area contributed by atoms with Gasteiger partial charge in [0.05, 0.1) is 18.8 Å². The molecule has 2 unspecified atom stereocenters. The van der Waals surface area contributed by atoms with Gasteiger partial charge in [-0.25, -0.2) is 0 Å². The molecule has 1 aliphatic carbocycles. The Hall–Kier alpha value is -1.06. The summed E-state index contributed by atoms with van der Waals surface area (Å²) in [5.74, 6) is 1.84. The van der Waals surface area contributed by atoms with Gasteiger partial charge in [0.1, 0.15) is 5.75 Å². The number of para-hydroxylation sites is 1. The maximum Gasteiger partial charge on any atom is 0.125 e. The third kappa shape index (κ3) is 3.78. The van der Waals surface area contributed by atoms with Crippen molar-refractivity contribution in [2.24, 2.45) is 5.92 Å². The highest BCUT2D eigenvalue weighted by Crippen LogP contribution is 2.34. The van der Waals surface area contributed by atoms with Crippen LogP contribution in [0.3, 0.4) is 0 Å². The zero-order chi connectivity index (χ0) is 14.5. The lowest BCUT2D eigenvalue weighted by atomic mass is 9.98. The fourth-order valence-corrected chi connectivity index (χ4v) is 3.68. The number of ether oxygens (including phenoxy) is 2. The lowest BCUT2D eigenvalue weighted by Gasteiger charge is -2.33. The SMILES string of the molecule is CCOc1ccccc1C1CNCC(CC2CCCC2)O1. The van der Waals surface area contributed by atoms with Crippen LogP contribution in [0.5, 0.6) is 5.75 Å². The van der Waals surface area contributed by atoms with E-state index in [4.69, 9.17) is 9.47 Å². The third-order valence-corrected chi connectivity index (χ3v) is 4.70. The van der Waals surface area contributed by atoms with Gasteiger partial charge in [-0.2, -0.15) is 0 Å². The van der Waals surface area contributed by atoms with Crippen LogP contribution in [0.1, 0.15) is 50.7 Å². The summed E-state index contributed by atoms with van der Waals surface area (Å²) in [5.41, 5.74) is 1.18. The molecule has 0 amide bonds. The molecule has 1 aromatic rings. The Labute approximate surface area is 128 Å². The van der Waals surface area contributed by atoms with Crippen LogP contribution >= 0.6 is 0 Å². The van der Waals surface area contributed by atoms with Crippen molar-refractivity contribution in [2.75, 3.05) is 19.7 Å². The fraction of sp³-hybridized carbons (Fsp3) is 0.667. The van der Waals surface area contributed by atoms with Crippen molar-refractivity contribution in [3.63, 3.8) is 0 Å². The Balaban J connectivity index is 1.65. The number of hydrogen-bond acceptors (Lipinski definition) is 3. The molecule has 116 valence electrons. The Morgan fingerprint density at radius 3 is 2.81 bits per heavy atom. The molecule has 2 aliphatic rings. The summed E-state index contributed by atoms with van der Waals surface area (Å²) in [6.07, 6.45) is 7.26. The second-order valence-electron chi connectivity index (χ2n) is 6.26. The van der Waals surface area contributed by atoms with Crippen LogP contribution in [-0.4, -0.2) is 25.8 Å². The van der Waals surface area contributed by atoms with Crippen molar-refractivity contribution < 1.29 is 9.47 Å². The first-order valence-electron chi connectivity index (χ1n) is 8.44. The molecule has 1 aromatic carbocycles. The molecule has 0 radical (unpaired) electrons. The summed E-state index contributed by atoms with van der Waals surface area (Å²) in [6.45, 7) is 4.59. The lowest BCUT2D eigenvalue weighted by molar-refractivity contribution is -0.0498. The Kier molecular flexibility index (Phi) is 5.15. The average molecular weight is 289 g/mol. The highest BCUT2D eigenvalue weighted by Gasteiger charge is 2.28. The van der Waals surface area contributed by atoms with E-state index in [2.05, 4.69) is 17.4 Å². The number of morpholine rings is 1. The molecular formula is C18H27NO2. The molecule has 3 heteroatoms. The minimum absolute atomic E-state index is 0.118. The van der Waals surface area contributed by atoms with E-state index in [9.17, 15) is 0 Å². The van der Waals surface area contributed by atoms with Crippen LogP contribution in [-0.2, 0) is 4.74 Å². The monoisotopic (exact) mass is 289 g/mol. The number of benzene rings is 1. The summed E-state index contributed by atoms with van der Waals surface area (Å²) in [5, 5.41) is 3.55. The normalized spacial score (nSPS) is 26.9. The van der Waals surface area contributed by atoms with Gasteiger partial charge in [-0.3, -0.25) is 0 Å². The first kappa shape index (κ1) is 14.9. The molecule has 1 N–H and O–H groups in total. The first-order valence-corrected chi connectivity index (χ1v) is 8.44. The molecule has 2 atom stereocenters. The standard InChI is InChI=1S/C18H27NO2/c1-2-20-17-10-6-5-9-16(17)18-13-19-12-15(21-18)11-14-7-3-4-8-14/h5-6,9-10,14-15,18-19H,2-4,7-8,11-13H2,1H3. The zero-order valence-corrected chi connectivity index (χ0v) is 13.0. The quantitative estimate of drug-likeness (QED) is 0.896. The molecule has 3 nitrogen and oxygen atoms in total. The third-order valence-electron chi connectivity index (χ3n) is 4.70. The van der Waals surface area contributed by atoms with Gasteiger partial charge in [-0.05, 0) is 25.3 Å². The van der Waals surface area contributed by atoms with E-state index in [1.807, 2.05) is 19.1 Å². The van der Waals surface area contributed by atoms with Gasteiger partial charge in [-0.15, -0.1) is 0 Å². The largest absolute Gasteiger partial charge is 0.493 e. The molecule has 1 aliphatic heterocycles. The predicted molar refractivity (Wildman–Crippen MR) is 84.7 cm³/mol. The van der Waals surface area contributed by atoms with Gasteiger partial charge >= 0.3 is 0 Å². The molecular weight excluding hydrogens is 262 g/mol. The second kappa shape index (κ2) is 7.28. The molecule has 21 heavy (non-hydrogen) atoms. The van der Waals surface area contributed by atoms with E-state index < -0.39 is 0 Å². The maximum absolute atomic E-state index is 6.38. The van der Waals surface area contributed by atoms with Gasteiger partial charge in [0.25, 0.3) is 0 Å². The smallest absolute Gasteiger partial charge is 0.125 e. The van der Waals surface area contributed by atoms with Crippen LogP contribution in [0.2, 0.25) is 0 Å². The van der Waals surface area contributed by atoms with Gasteiger partial charge in [-0.1, -0.05) is 43.9 Å². The average Bonchev–Trinajstić information content (AvgIpc) is 3.01.